The molecular weight excluding hydrogens is 138 g/mol. The van der Waals surface area contributed by atoms with Crippen molar-refractivity contribution in [1.29, 1.82) is 0 Å². The normalized spacial score (nSPS) is 13.0. The van der Waals surface area contributed by atoms with Crippen LogP contribution in [0.15, 0.2) is 0 Å². The second kappa shape index (κ2) is 6.33. The summed E-state index contributed by atoms with van der Waals surface area (Å²) >= 11 is 0. The maximum Gasteiger partial charge on any atom is 0.107 e. The van der Waals surface area contributed by atoms with Gasteiger partial charge >= 0.3 is 0 Å². The van der Waals surface area contributed by atoms with Crippen molar-refractivity contribution < 1.29 is 4.74 Å². The summed E-state index contributed by atoms with van der Waals surface area (Å²) in [7, 11) is 4.00. The molecule has 0 aliphatic rings. The van der Waals surface area contributed by atoms with Crippen LogP contribution in [-0.4, -0.2) is 31.8 Å². The molecule has 0 N–H and O–H groups in total. The highest BCUT2D eigenvalue weighted by Crippen LogP contribution is 1.91. The van der Waals surface area contributed by atoms with Gasteiger partial charge in [-0.3, -0.25) is 4.90 Å². The van der Waals surface area contributed by atoms with E-state index in [0.29, 0.717) is 0 Å². The lowest BCUT2D eigenvalue weighted by Gasteiger charge is -2.18. The molecule has 0 aromatic heterocycles. The van der Waals surface area contributed by atoms with E-state index in [1.54, 1.807) is 0 Å². The number of hydrogen-bond acceptors (Lipinski definition) is 2. The Morgan fingerprint density at radius 2 is 1.89 bits per heavy atom. The van der Waals surface area contributed by atoms with Gasteiger partial charge in [0.05, 0.1) is 0 Å². The molecule has 1 atom stereocenters. The molecule has 0 amide bonds. The number of nitrogens with zero attached hydrogens (tertiary/aromatic N) is 1. The predicted molar refractivity (Wildman–Crippen MR) is 42.0 cm³/mol. The van der Waals surface area contributed by atoms with Gasteiger partial charge in [0.25, 0.3) is 0 Å². The number of halogens is 1. The van der Waals surface area contributed by atoms with E-state index < -0.39 is 0 Å². The third-order valence-corrected chi connectivity index (χ3v) is 1.14. The van der Waals surface area contributed by atoms with Crippen LogP contribution in [0.3, 0.4) is 0 Å². The van der Waals surface area contributed by atoms with Gasteiger partial charge in [0, 0.05) is 6.61 Å². The van der Waals surface area contributed by atoms with Gasteiger partial charge in [-0.25, -0.2) is 0 Å². The molecule has 0 radical (unpaired) electrons. The van der Waals surface area contributed by atoms with Crippen LogP contribution in [0, 0.1) is 0 Å². The van der Waals surface area contributed by atoms with Gasteiger partial charge in [-0.1, -0.05) is 0 Å². The smallest absolute Gasteiger partial charge is 0.107 e. The minimum atomic E-state index is 0. The van der Waals surface area contributed by atoms with Crippen molar-refractivity contribution in [1.82, 2.24) is 4.90 Å². The first-order valence-electron chi connectivity index (χ1n) is 2.96. The van der Waals surface area contributed by atoms with E-state index >= 15 is 0 Å². The number of hydrogen-bond donors (Lipinski definition) is 0. The van der Waals surface area contributed by atoms with Crippen LogP contribution in [0.5, 0.6) is 0 Å². The highest BCUT2D eigenvalue weighted by atomic mass is 35.5. The Labute approximate surface area is 63.6 Å². The zero-order chi connectivity index (χ0) is 6.57. The molecule has 3 heteroatoms. The van der Waals surface area contributed by atoms with Crippen LogP contribution in [-0.2, 0) is 4.74 Å². The topological polar surface area (TPSA) is 12.5 Å². The molecule has 0 aromatic carbocycles. The SMILES string of the molecule is CCOC(C)N(C)C.Cl. The highest BCUT2D eigenvalue weighted by molar-refractivity contribution is 5.85. The van der Waals surface area contributed by atoms with E-state index in [0.717, 1.165) is 6.61 Å². The number of ether oxygens (including phenoxy) is 1. The van der Waals surface area contributed by atoms with Crippen molar-refractivity contribution in [3.63, 3.8) is 0 Å². The fourth-order valence-corrected chi connectivity index (χ4v) is 0.390. The largest absolute Gasteiger partial charge is 0.364 e. The first-order chi connectivity index (χ1) is 3.68. The lowest BCUT2D eigenvalue weighted by Crippen LogP contribution is -2.27. The molecule has 0 saturated carbocycles. The average Bonchev–Trinajstić information content (AvgIpc) is 1.67. The van der Waals surface area contributed by atoms with Crippen molar-refractivity contribution in [2.24, 2.45) is 0 Å². The molecule has 0 fully saturated rings. The molecular formula is C6H16ClNO. The Hall–Kier alpha value is 0.210. The highest BCUT2D eigenvalue weighted by Gasteiger charge is 1.99. The molecule has 0 aromatic rings. The minimum absolute atomic E-state index is 0. The second-order valence-corrected chi connectivity index (χ2v) is 2.02. The molecule has 0 heterocycles. The quantitative estimate of drug-likeness (QED) is 0.568. The van der Waals surface area contributed by atoms with Crippen molar-refractivity contribution >= 4 is 12.4 Å². The molecule has 58 valence electrons. The van der Waals surface area contributed by atoms with Crippen molar-refractivity contribution in [3.05, 3.63) is 0 Å². The minimum Gasteiger partial charge on any atom is -0.364 e. The second-order valence-electron chi connectivity index (χ2n) is 2.02. The van der Waals surface area contributed by atoms with Crippen LogP contribution in [0.2, 0.25) is 0 Å². The van der Waals surface area contributed by atoms with Gasteiger partial charge in [0.2, 0.25) is 0 Å². The molecule has 1 unspecified atom stereocenters. The summed E-state index contributed by atoms with van der Waals surface area (Å²) in [6.07, 6.45) is 0.250. The molecule has 0 aliphatic heterocycles. The number of rotatable bonds is 3. The van der Waals surface area contributed by atoms with Crippen LogP contribution in [0.4, 0.5) is 0 Å². The zero-order valence-electron chi connectivity index (χ0n) is 6.55. The van der Waals surface area contributed by atoms with Gasteiger partial charge in [0.15, 0.2) is 0 Å². The Kier molecular flexibility index (Phi) is 8.40. The fourth-order valence-electron chi connectivity index (χ4n) is 0.390. The van der Waals surface area contributed by atoms with Crippen molar-refractivity contribution in [3.8, 4) is 0 Å². The van der Waals surface area contributed by atoms with Crippen LogP contribution < -0.4 is 0 Å². The van der Waals surface area contributed by atoms with E-state index in [4.69, 9.17) is 4.74 Å². The standard InChI is InChI=1S/C6H15NO.ClH/c1-5-8-6(2)7(3)4;/h6H,5H2,1-4H3;1H. The summed E-state index contributed by atoms with van der Waals surface area (Å²) in [4.78, 5) is 2.03. The molecule has 9 heavy (non-hydrogen) atoms. The predicted octanol–water partition coefficient (Wildman–Crippen LogP) is 1.35. The summed E-state index contributed by atoms with van der Waals surface area (Å²) in [5, 5.41) is 0. The van der Waals surface area contributed by atoms with E-state index in [1.165, 1.54) is 0 Å². The van der Waals surface area contributed by atoms with Gasteiger partial charge in [-0.05, 0) is 27.9 Å². The maximum atomic E-state index is 5.23. The van der Waals surface area contributed by atoms with E-state index in [1.807, 2.05) is 32.8 Å². The molecule has 2 nitrogen and oxygen atoms in total. The van der Waals surface area contributed by atoms with E-state index in [-0.39, 0.29) is 18.6 Å². The van der Waals surface area contributed by atoms with Crippen molar-refractivity contribution in [2.45, 2.75) is 20.1 Å². The monoisotopic (exact) mass is 153 g/mol. The Balaban J connectivity index is 0. The third kappa shape index (κ3) is 6.09. The van der Waals surface area contributed by atoms with Gasteiger partial charge in [-0.2, -0.15) is 0 Å². The molecule has 0 aliphatic carbocycles. The third-order valence-electron chi connectivity index (χ3n) is 1.14. The average molecular weight is 154 g/mol. The first-order valence-corrected chi connectivity index (χ1v) is 2.96. The summed E-state index contributed by atoms with van der Waals surface area (Å²) in [5.41, 5.74) is 0. The summed E-state index contributed by atoms with van der Waals surface area (Å²) in [6, 6.07) is 0. The molecule has 0 spiro atoms. The zero-order valence-corrected chi connectivity index (χ0v) is 7.36. The Bertz CT molecular complexity index is 59.0. The Morgan fingerprint density at radius 1 is 1.44 bits per heavy atom. The summed E-state index contributed by atoms with van der Waals surface area (Å²) in [5.74, 6) is 0. The maximum absolute atomic E-state index is 5.23. The lowest BCUT2D eigenvalue weighted by atomic mass is 10.6. The fraction of sp³-hybridized carbons (Fsp3) is 1.00. The van der Waals surface area contributed by atoms with Gasteiger partial charge < -0.3 is 4.74 Å². The summed E-state index contributed by atoms with van der Waals surface area (Å²) < 4.78 is 5.23. The lowest BCUT2D eigenvalue weighted by molar-refractivity contribution is -0.0160. The van der Waals surface area contributed by atoms with Crippen LogP contribution in [0.25, 0.3) is 0 Å². The molecule has 0 saturated heterocycles. The van der Waals surface area contributed by atoms with Crippen molar-refractivity contribution in [2.75, 3.05) is 20.7 Å². The van der Waals surface area contributed by atoms with Gasteiger partial charge in [0.1, 0.15) is 6.23 Å². The van der Waals surface area contributed by atoms with E-state index in [9.17, 15) is 0 Å². The van der Waals surface area contributed by atoms with E-state index in [2.05, 4.69) is 0 Å². The Morgan fingerprint density at radius 3 is 2.00 bits per heavy atom. The summed E-state index contributed by atoms with van der Waals surface area (Å²) in [6.45, 7) is 4.82. The van der Waals surface area contributed by atoms with Crippen LogP contribution in [0.1, 0.15) is 13.8 Å². The van der Waals surface area contributed by atoms with Gasteiger partial charge in [-0.15, -0.1) is 12.4 Å². The first kappa shape index (κ1) is 11.9. The molecule has 0 rings (SSSR count). The van der Waals surface area contributed by atoms with Crippen LogP contribution >= 0.6 is 12.4 Å². The molecule has 0 bridgehead atoms.